The van der Waals surface area contributed by atoms with E-state index in [2.05, 4.69) is 53.6 Å². The number of nitrogens with one attached hydrogen (secondary N) is 1. The second kappa shape index (κ2) is 6.02. The van der Waals surface area contributed by atoms with Gasteiger partial charge in [0.05, 0.1) is 5.75 Å². The van der Waals surface area contributed by atoms with Gasteiger partial charge >= 0.3 is 0 Å². The van der Waals surface area contributed by atoms with Gasteiger partial charge in [0.1, 0.15) is 5.01 Å². The van der Waals surface area contributed by atoms with Crippen molar-refractivity contribution in [2.75, 3.05) is 11.9 Å². The normalized spacial score (nSPS) is 10.5. The first kappa shape index (κ1) is 12.4. The molecule has 17 heavy (non-hydrogen) atoms. The molecule has 1 aromatic heterocycles. The van der Waals surface area contributed by atoms with Gasteiger partial charge in [0.2, 0.25) is 5.13 Å². The molecule has 2 rings (SSSR count). The summed E-state index contributed by atoms with van der Waals surface area (Å²) in [5.41, 5.74) is 1.29. The fraction of sp³-hybridized carbons (Fsp3) is 0.333. The third-order valence-corrected chi connectivity index (χ3v) is 4.27. The van der Waals surface area contributed by atoms with Crippen molar-refractivity contribution in [1.82, 2.24) is 10.2 Å². The van der Waals surface area contributed by atoms with Gasteiger partial charge in [0.25, 0.3) is 0 Å². The van der Waals surface area contributed by atoms with Crippen LogP contribution in [-0.4, -0.2) is 16.7 Å². The van der Waals surface area contributed by atoms with Crippen molar-refractivity contribution < 1.29 is 0 Å². The highest BCUT2D eigenvalue weighted by molar-refractivity contribution is 7.98. The molecule has 0 fully saturated rings. The van der Waals surface area contributed by atoms with E-state index in [1.807, 2.05) is 0 Å². The molecule has 3 nitrogen and oxygen atoms in total. The summed E-state index contributed by atoms with van der Waals surface area (Å²) in [5, 5.41) is 13.4. The lowest BCUT2D eigenvalue weighted by atomic mass is 10.2. The molecule has 1 heterocycles. The molecule has 90 valence electrons. The number of nitrogens with zero attached hydrogens (tertiary/aromatic N) is 2. The second-order valence-corrected chi connectivity index (χ2v) is 5.74. The average Bonchev–Trinajstić information content (AvgIpc) is 2.77. The highest BCUT2D eigenvalue weighted by atomic mass is 32.2. The van der Waals surface area contributed by atoms with Gasteiger partial charge in [0, 0.05) is 11.4 Å². The zero-order valence-electron chi connectivity index (χ0n) is 9.93. The maximum atomic E-state index is 4.15. The van der Waals surface area contributed by atoms with Crippen LogP contribution >= 0.6 is 23.1 Å². The van der Waals surface area contributed by atoms with Crippen LogP contribution in [0.2, 0.25) is 0 Å². The molecule has 0 atom stereocenters. The van der Waals surface area contributed by atoms with Crippen LogP contribution in [0.3, 0.4) is 0 Å². The SMILES string of the molecule is CCNc1nnc(CSc2ccc(C)cc2)s1. The standard InChI is InChI=1S/C12H15N3S2/c1-3-13-12-15-14-11(17-12)8-16-10-6-4-9(2)5-7-10/h4-7H,3,8H2,1-2H3,(H,13,15). The smallest absolute Gasteiger partial charge is 0.205 e. The zero-order valence-corrected chi connectivity index (χ0v) is 11.6. The van der Waals surface area contributed by atoms with Crippen molar-refractivity contribution in [1.29, 1.82) is 0 Å². The molecule has 0 radical (unpaired) electrons. The molecular weight excluding hydrogens is 250 g/mol. The van der Waals surface area contributed by atoms with Crippen LogP contribution in [0.15, 0.2) is 29.2 Å². The number of hydrogen-bond acceptors (Lipinski definition) is 5. The van der Waals surface area contributed by atoms with Crippen molar-refractivity contribution in [2.45, 2.75) is 24.5 Å². The molecule has 0 aliphatic heterocycles. The second-order valence-electron chi connectivity index (χ2n) is 3.63. The first-order chi connectivity index (χ1) is 8.28. The summed E-state index contributed by atoms with van der Waals surface area (Å²) < 4.78 is 0. The topological polar surface area (TPSA) is 37.8 Å². The van der Waals surface area contributed by atoms with E-state index < -0.39 is 0 Å². The molecule has 0 spiro atoms. The maximum Gasteiger partial charge on any atom is 0.205 e. The Labute approximate surface area is 110 Å². The maximum absolute atomic E-state index is 4.15. The number of thioether (sulfide) groups is 1. The number of aromatic nitrogens is 2. The van der Waals surface area contributed by atoms with Crippen LogP contribution in [-0.2, 0) is 5.75 Å². The first-order valence-electron chi connectivity index (χ1n) is 5.53. The van der Waals surface area contributed by atoms with Crippen LogP contribution in [0.25, 0.3) is 0 Å². The molecule has 0 aliphatic rings. The van der Waals surface area contributed by atoms with Gasteiger partial charge in [-0.3, -0.25) is 0 Å². The predicted molar refractivity (Wildman–Crippen MR) is 74.8 cm³/mol. The van der Waals surface area contributed by atoms with Crippen molar-refractivity contribution in [3.8, 4) is 0 Å². The summed E-state index contributed by atoms with van der Waals surface area (Å²) in [5.74, 6) is 0.881. The van der Waals surface area contributed by atoms with Gasteiger partial charge in [-0.15, -0.1) is 22.0 Å². The first-order valence-corrected chi connectivity index (χ1v) is 7.34. The summed E-state index contributed by atoms with van der Waals surface area (Å²) in [6.45, 7) is 5.05. The summed E-state index contributed by atoms with van der Waals surface area (Å²) in [6.07, 6.45) is 0. The zero-order chi connectivity index (χ0) is 12.1. The van der Waals surface area contributed by atoms with E-state index in [4.69, 9.17) is 0 Å². The molecule has 1 N–H and O–H groups in total. The minimum atomic E-state index is 0.881. The summed E-state index contributed by atoms with van der Waals surface area (Å²) in [4.78, 5) is 1.27. The van der Waals surface area contributed by atoms with Crippen molar-refractivity contribution in [3.63, 3.8) is 0 Å². The third-order valence-electron chi connectivity index (χ3n) is 2.18. The molecule has 1 aromatic carbocycles. The highest BCUT2D eigenvalue weighted by Crippen LogP contribution is 2.25. The lowest BCUT2D eigenvalue weighted by molar-refractivity contribution is 1.03. The predicted octanol–water partition coefficient (Wildman–Crippen LogP) is 3.57. The number of rotatable bonds is 5. The molecule has 0 saturated heterocycles. The Bertz CT molecular complexity index is 465. The monoisotopic (exact) mass is 265 g/mol. The van der Waals surface area contributed by atoms with Crippen LogP contribution in [0.4, 0.5) is 5.13 Å². The van der Waals surface area contributed by atoms with Gasteiger partial charge in [-0.25, -0.2) is 0 Å². The Morgan fingerprint density at radius 1 is 1.24 bits per heavy atom. The van der Waals surface area contributed by atoms with Gasteiger partial charge in [-0.05, 0) is 26.0 Å². The average molecular weight is 265 g/mol. The molecule has 0 bridgehead atoms. The molecule has 5 heteroatoms. The number of aryl methyl sites for hydroxylation is 1. The molecule has 0 saturated carbocycles. The molecule has 0 unspecified atom stereocenters. The van der Waals surface area contributed by atoms with E-state index in [1.54, 1.807) is 23.1 Å². The summed E-state index contributed by atoms with van der Waals surface area (Å²) >= 11 is 3.42. The number of hydrogen-bond donors (Lipinski definition) is 1. The largest absolute Gasteiger partial charge is 0.360 e. The fourth-order valence-corrected chi connectivity index (χ4v) is 3.01. The summed E-state index contributed by atoms with van der Waals surface area (Å²) in [6, 6.07) is 8.55. The van der Waals surface area contributed by atoms with E-state index in [1.165, 1.54) is 10.5 Å². The Hall–Kier alpha value is -1.07. The van der Waals surface area contributed by atoms with E-state index in [9.17, 15) is 0 Å². The van der Waals surface area contributed by atoms with Gasteiger partial charge in [0.15, 0.2) is 0 Å². The molecule has 2 aromatic rings. The number of benzene rings is 1. The van der Waals surface area contributed by atoms with E-state index in [-0.39, 0.29) is 0 Å². The lowest BCUT2D eigenvalue weighted by Crippen LogP contribution is -1.94. The van der Waals surface area contributed by atoms with Gasteiger partial charge < -0.3 is 5.32 Å². The molecule has 0 aliphatic carbocycles. The molecular formula is C12H15N3S2. The van der Waals surface area contributed by atoms with Crippen molar-refractivity contribution >= 4 is 28.2 Å². The minimum Gasteiger partial charge on any atom is -0.360 e. The lowest BCUT2D eigenvalue weighted by Gasteiger charge is -1.99. The Morgan fingerprint density at radius 2 is 2.00 bits per heavy atom. The van der Waals surface area contributed by atoms with E-state index in [0.29, 0.717) is 0 Å². The van der Waals surface area contributed by atoms with Gasteiger partial charge in [-0.1, -0.05) is 29.0 Å². The van der Waals surface area contributed by atoms with Crippen molar-refractivity contribution in [3.05, 3.63) is 34.8 Å². The van der Waals surface area contributed by atoms with E-state index >= 15 is 0 Å². The van der Waals surface area contributed by atoms with Crippen LogP contribution in [0, 0.1) is 6.92 Å². The highest BCUT2D eigenvalue weighted by Gasteiger charge is 2.03. The van der Waals surface area contributed by atoms with Gasteiger partial charge in [-0.2, -0.15) is 0 Å². The van der Waals surface area contributed by atoms with Crippen molar-refractivity contribution in [2.24, 2.45) is 0 Å². The summed E-state index contributed by atoms with van der Waals surface area (Å²) in [7, 11) is 0. The van der Waals surface area contributed by atoms with Crippen LogP contribution < -0.4 is 5.32 Å². The molecule has 0 amide bonds. The quantitative estimate of drug-likeness (QED) is 0.839. The minimum absolute atomic E-state index is 0.881. The Morgan fingerprint density at radius 3 is 2.71 bits per heavy atom. The number of anilines is 1. The Balaban J connectivity index is 1.90. The van der Waals surface area contributed by atoms with Crippen LogP contribution in [0.1, 0.15) is 17.5 Å². The van der Waals surface area contributed by atoms with Crippen LogP contribution in [0.5, 0.6) is 0 Å². The third kappa shape index (κ3) is 3.71. The van der Waals surface area contributed by atoms with E-state index in [0.717, 1.165) is 22.4 Å². The Kier molecular flexibility index (Phi) is 4.39. The fourth-order valence-electron chi connectivity index (χ4n) is 1.31.